The normalized spacial score (nSPS) is 15.0. The molecule has 0 amide bonds. The molecule has 2 aromatic rings. The van der Waals surface area contributed by atoms with Crippen LogP contribution in [0.4, 0.5) is 8.78 Å². The van der Waals surface area contributed by atoms with E-state index in [-0.39, 0.29) is 17.5 Å². The third-order valence-corrected chi connectivity index (χ3v) is 3.76. The van der Waals surface area contributed by atoms with E-state index in [0.29, 0.717) is 17.7 Å². The zero-order chi connectivity index (χ0) is 15.5. The molecule has 0 saturated heterocycles. The quantitative estimate of drug-likeness (QED) is 0.850. The highest BCUT2D eigenvalue weighted by Crippen LogP contribution is 2.28. The summed E-state index contributed by atoms with van der Waals surface area (Å²) in [5.74, 6) is -0.351. The maximum Gasteiger partial charge on any atom is 0.254 e. The molecule has 0 unspecified atom stereocenters. The van der Waals surface area contributed by atoms with Gasteiger partial charge in [-0.25, -0.2) is 13.8 Å². The molecule has 0 fully saturated rings. The van der Waals surface area contributed by atoms with Gasteiger partial charge in [-0.15, -0.1) is 11.8 Å². The molecule has 112 valence electrons. The molecule has 0 bridgehead atoms. The summed E-state index contributed by atoms with van der Waals surface area (Å²) in [7, 11) is 0. The number of rotatable bonds is 3. The van der Waals surface area contributed by atoms with Crippen molar-refractivity contribution in [3.05, 3.63) is 59.0 Å². The van der Waals surface area contributed by atoms with Gasteiger partial charge in [0, 0.05) is 10.5 Å². The van der Waals surface area contributed by atoms with Gasteiger partial charge in [0.05, 0.1) is 6.20 Å². The molecule has 0 atom stereocenters. The van der Waals surface area contributed by atoms with E-state index in [2.05, 4.69) is 15.1 Å². The van der Waals surface area contributed by atoms with Crippen molar-refractivity contribution in [2.45, 2.75) is 6.42 Å². The van der Waals surface area contributed by atoms with Crippen molar-refractivity contribution in [2.24, 2.45) is 0 Å². The van der Waals surface area contributed by atoms with Crippen LogP contribution in [0.1, 0.15) is 12.3 Å². The van der Waals surface area contributed by atoms with Crippen molar-refractivity contribution in [3.8, 4) is 11.5 Å². The molecule has 7 heteroatoms. The van der Waals surface area contributed by atoms with Gasteiger partial charge in [0.1, 0.15) is 17.3 Å². The molecule has 2 heterocycles. The summed E-state index contributed by atoms with van der Waals surface area (Å²) in [6, 6.07) is 2.72. The third kappa shape index (κ3) is 3.14. The Kier molecular flexibility index (Phi) is 4.15. The third-order valence-electron chi connectivity index (χ3n) is 3.01. The minimum absolute atomic E-state index is 0.225. The number of hydrogen-bond donors (Lipinski definition) is 0. The standard InChI is InChI=1S/C15H11F2N3OS/c1-22-12-4-2-9(6-11(17)7-12)15-19-14(20-21-15)13-5-3-10(16)8-18-13/h3-8H,2H2,1H3. The molecule has 1 aliphatic carbocycles. The van der Waals surface area contributed by atoms with Gasteiger partial charge in [0.15, 0.2) is 0 Å². The van der Waals surface area contributed by atoms with Crippen LogP contribution >= 0.6 is 11.8 Å². The first-order chi connectivity index (χ1) is 10.7. The highest BCUT2D eigenvalue weighted by molar-refractivity contribution is 8.02. The number of halogens is 2. The smallest absolute Gasteiger partial charge is 0.254 e. The van der Waals surface area contributed by atoms with Gasteiger partial charge in [-0.05, 0) is 37.0 Å². The lowest BCUT2D eigenvalue weighted by molar-refractivity contribution is 0.407. The zero-order valence-electron chi connectivity index (χ0n) is 11.6. The van der Waals surface area contributed by atoms with Crippen LogP contribution in [0, 0.1) is 5.82 Å². The Balaban J connectivity index is 1.89. The first-order valence-corrected chi connectivity index (χ1v) is 7.66. The van der Waals surface area contributed by atoms with E-state index in [1.54, 1.807) is 0 Å². The molecule has 0 spiro atoms. The van der Waals surface area contributed by atoms with Crippen molar-refractivity contribution < 1.29 is 13.3 Å². The van der Waals surface area contributed by atoms with E-state index < -0.39 is 5.82 Å². The van der Waals surface area contributed by atoms with Gasteiger partial charge in [-0.1, -0.05) is 11.2 Å². The van der Waals surface area contributed by atoms with E-state index >= 15 is 0 Å². The molecule has 0 aromatic carbocycles. The molecule has 4 nitrogen and oxygen atoms in total. The number of thioether (sulfide) groups is 1. The predicted molar refractivity (Wildman–Crippen MR) is 80.9 cm³/mol. The lowest BCUT2D eigenvalue weighted by atomic mass is 10.2. The van der Waals surface area contributed by atoms with Crippen LogP contribution < -0.4 is 0 Å². The molecule has 1 aliphatic rings. The highest BCUT2D eigenvalue weighted by atomic mass is 32.2. The van der Waals surface area contributed by atoms with Gasteiger partial charge in [0.2, 0.25) is 5.82 Å². The Morgan fingerprint density at radius 3 is 2.82 bits per heavy atom. The van der Waals surface area contributed by atoms with Gasteiger partial charge < -0.3 is 4.52 Å². The number of hydrogen-bond acceptors (Lipinski definition) is 5. The molecule has 3 rings (SSSR count). The van der Waals surface area contributed by atoms with Crippen LogP contribution in [0.3, 0.4) is 0 Å². The average Bonchev–Trinajstić information content (AvgIpc) is 2.92. The largest absolute Gasteiger partial charge is 0.334 e. The summed E-state index contributed by atoms with van der Waals surface area (Å²) in [5.41, 5.74) is 0.973. The SMILES string of the molecule is CSC1=CCC(c2nc(-c3ccc(F)cn3)no2)=CC(F)=C1. The molecular weight excluding hydrogens is 308 g/mol. The topological polar surface area (TPSA) is 51.8 Å². The zero-order valence-corrected chi connectivity index (χ0v) is 12.4. The Morgan fingerprint density at radius 2 is 2.09 bits per heavy atom. The maximum atomic E-state index is 13.8. The van der Waals surface area contributed by atoms with Crippen molar-refractivity contribution in [2.75, 3.05) is 6.26 Å². The molecule has 0 aliphatic heterocycles. The van der Waals surface area contributed by atoms with Gasteiger partial charge >= 0.3 is 0 Å². The van der Waals surface area contributed by atoms with Crippen molar-refractivity contribution in [1.29, 1.82) is 0 Å². The molecule has 0 saturated carbocycles. The van der Waals surface area contributed by atoms with Crippen LogP contribution in [0.2, 0.25) is 0 Å². The summed E-state index contributed by atoms with van der Waals surface area (Å²) < 4.78 is 31.8. The number of aromatic nitrogens is 3. The second kappa shape index (κ2) is 6.23. The number of nitrogens with zero attached hydrogens (tertiary/aromatic N) is 3. The highest BCUT2D eigenvalue weighted by Gasteiger charge is 2.15. The fourth-order valence-electron chi connectivity index (χ4n) is 1.93. The van der Waals surface area contributed by atoms with Crippen molar-refractivity contribution in [1.82, 2.24) is 15.1 Å². The first kappa shape index (κ1) is 14.6. The molecule has 0 radical (unpaired) electrons. The summed E-state index contributed by atoms with van der Waals surface area (Å²) in [4.78, 5) is 8.92. The minimum Gasteiger partial charge on any atom is -0.334 e. The summed E-state index contributed by atoms with van der Waals surface area (Å²) >= 11 is 1.46. The lowest BCUT2D eigenvalue weighted by Crippen LogP contribution is -1.88. The van der Waals surface area contributed by atoms with Crippen molar-refractivity contribution >= 4 is 17.3 Å². The van der Waals surface area contributed by atoms with Gasteiger partial charge in [-0.2, -0.15) is 4.98 Å². The van der Waals surface area contributed by atoms with Crippen molar-refractivity contribution in [3.63, 3.8) is 0 Å². The van der Waals surface area contributed by atoms with Crippen LogP contribution in [0.15, 0.2) is 51.8 Å². The number of pyridine rings is 1. The van der Waals surface area contributed by atoms with Crippen LogP contribution in [0.5, 0.6) is 0 Å². The fourth-order valence-corrected chi connectivity index (χ4v) is 2.41. The van der Waals surface area contributed by atoms with Gasteiger partial charge in [0.25, 0.3) is 5.89 Å². The monoisotopic (exact) mass is 319 g/mol. The predicted octanol–water partition coefficient (Wildman–Crippen LogP) is 4.16. The second-order valence-corrected chi connectivity index (χ2v) is 5.38. The number of allylic oxidation sites excluding steroid dienone is 5. The molecule has 0 N–H and O–H groups in total. The molecule has 2 aromatic heterocycles. The fraction of sp³-hybridized carbons (Fsp3) is 0.133. The Morgan fingerprint density at radius 1 is 1.23 bits per heavy atom. The maximum absolute atomic E-state index is 13.8. The Hall–Kier alpha value is -2.28. The lowest BCUT2D eigenvalue weighted by Gasteiger charge is -1.96. The van der Waals surface area contributed by atoms with Gasteiger partial charge in [-0.3, -0.25) is 0 Å². The van der Waals surface area contributed by atoms with E-state index in [1.807, 2.05) is 12.3 Å². The Labute approximate surface area is 129 Å². The summed E-state index contributed by atoms with van der Waals surface area (Å²) in [5, 5.41) is 3.81. The van der Waals surface area contributed by atoms with Crippen LogP contribution in [-0.4, -0.2) is 21.4 Å². The average molecular weight is 319 g/mol. The van der Waals surface area contributed by atoms with E-state index in [1.165, 1.54) is 36.0 Å². The van der Waals surface area contributed by atoms with E-state index in [9.17, 15) is 8.78 Å². The van der Waals surface area contributed by atoms with Crippen LogP contribution in [-0.2, 0) is 0 Å². The summed E-state index contributed by atoms with van der Waals surface area (Å²) in [6.07, 6.45) is 8.16. The molecular formula is C15H11F2N3OS. The second-order valence-electron chi connectivity index (χ2n) is 4.50. The van der Waals surface area contributed by atoms with E-state index in [4.69, 9.17) is 4.52 Å². The van der Waals surface area contributed by atoms with Crippen LogP contribution in [0.25, 0.3) is 17.1 Å². The minimum atomic E-state index is -0.444. The first-order valence-electron chi connectivity index (χ1n) is 6.43. The summed E-state index contributed by atoms with van der Waals surface area (Å²) in [6.45, 7) is 0. The van der Waals surface area contributed by atoms with E-state index in [0.717, 1.165) is 11.1 Å². The Bertz CT molecular complexity index is 778. The molecule has 22 heavy (non-hydrogen) atoms.